The number of carbonyl (C=O) groups is 1. The Hall–Kier alpha value is 0.720. The molecular formula is C3H5Br2ClO2. The molecule has 0 spiro atoms. The van der Waals surface area contributed by atoms with Gasteiger partial charge in [-0.3, -0.25) is 4.79 Å². The number of carboxylic acids is 1. The van der Waals surface area contributed by atoms with Gasteiger partial charge in [0, 0.05) is 5.33 Å². The molecule has 0 rings (SSSR count). The summed E-state index contributed by atoms with van der Waals surface area (Å²) in [6.45, 7) is 0. The van der Waals surface area contributed by atoms with Crippen LogP contribution in [0.4, 0.5) is 0 Å². The van der Waals surface area contributed by atoms with E-state index in [1.165, 1.54) is 0 Å². The fourth-order valence-electron chi connectivity index (χ4n) is 0.0660. The summed E-state index contributed by atoms with van der Waals surface area (Å²) in [6.07, 6.45) is 0. The smallest absolute Gasteiger partial charge is 0.318 e. The highest BCUT2D eigenvalue weighted by atomic mass is 79.9. The summed E-state index contributed by atoms with van der Waals surface area (Å²) < 4.78 is 0. The van der Waals surface area contributed by atoms with Crippen LogP contribution in [0, 0.1) is 0 Å². The van der Waals surface area contributed by atoms with Crippen LogP contribution in [0.15, 0.2) is 0 Å². The molecule has 0 aliphatic heterocycles. The molecule has 0 aliphatic rings. The minimum atomic E-state index is -0.836. The molecule has 0 fully saturated rings. The second-order valence-corrected chi connectivity index (χ2v) is 2.71. The van der Waals surface area contributed by atoms with Crippen molar-refractivity contribution in [1.82, 2.24) is 0 Å². The topological polar surface area (TPSA) is 37.3 Å². The van der Waals surface area contributed by atoms with Crippen LogP contribution in [-0.4, -0.2) is 21.2 Å². The van der Waals surface area contributed by atoms with Crippen LogP contribution < -0.4 is 0 Å². The predicted octanol–water partition coefficient (Wildman–Crippen LogP) is 1.65. The van der Waals surface area contributed by atoms with E-state index in [9.17, 15) is 4.79 Å². The molecule has 0 aromatic carbocycles. The Kier molecular flexibility index (Phi) is 8.41. The Bertz CT molecular complexity index is 77.7. The average Bonchev–Trinajstić information content (AvgIpc) is 1.65. The first-order valence-corrected chi connectivity index (χ1v) is 3.65. The van der Waals surface area contributed by atoms with Gasteiger partial charge < -0.3 is 5.11 Å². The van der Waals surface area contributed by atoms with E-state index in [2.05, 4.69) is 31.9 Å². The third-order valence-corrected chi connectivity index (χ3v) is 2.64. The van der Waals surface area contributed by atoms with Crippen molar-refractivity contribution < 1.29 is 9.90 Å². The maximum Gasteiger partial charge on any atom is 0.318 e. The maximum absolute atomic E-state index is 9.85. The number of carboxylic acid groups (broad SMARTS) is 1. The van der Waals surface area contributed by atoms with E-state index >= 15 is 0 Å². The van der Waals surface area contributed by atoms with Crippen molar-refractivity contribution in [3.8, 4) is 0 Å². The zero-order valence-electron chi connectivity index (χ0n) is 3.80. The second-order valence-electron chi connectivity index (χ2n) is 0.960. The highest BCUT2D eigenvalue weighted by molar-refractivity contribution is 9.12. The van der Waals surface area contributed by atoms with Crippen LogP contribution >= 0.6 is 44.3 Å². The largest absolute Gasteiger partial charge is 0.480 e. The van der Waals surface area contributed by atoms with E-state index in [0.29, 0.717) is 5.33 Å². The van der Waals surface area contributed by atoms with Crippen molar-refractivity contribution >= 4 is 50.2 Å². The molecule has 2 nitrogen and oxygen atoms in total. The van der Waals surface area contributed by atoms with Gasteiger partial charge >= 0.3 is 5.97 Å². The molecule has 5 heteroatoms. The van der Waals surface area contributed by atoms with Gasteiger partial charge in [0.2, 0.25) is 0 Å². The van der Waals surface area contributed by atoms with Crippen LogP contribution in [0.5, 0.6) is 0 Å². The van der Waals surface area contributed by atoms with Gasteiger partial charge in [-0.25, -0.2) is 0 Å². The fraction of sp³-hybridized carbons (Fsp3) is 0.667. The van der Waals surface area contributed by atoms with Gasteiger partial charge in [0.05, 0.1) is 0 Å². The van der Waals surface area contributed by atoms with Gasteiger partial charge in [-0.05, 0) is 0 Å². The number of alkyl halides is 2. The highest BCUT2D eigenvalue weighted by Crippen LogP contribution is 2.01. The fourth-order valence-corrected chi connectivity index (χ4v) is 0.343. The third kappa shape index (κ3) is 4.87. The van der Waals surface area contributed by atoms with Crippen molar-refractivity contribution in [3.63, 3.8) is 0 Å². The van der Waals surface area contributed by atoms with Gasteiger partial charge in [-0.15, -0.1) is 12.4 Å². The normalized spacial score (nSPS) is 11.8. The molecule has 0 saturated heterocycles. The minimum Gasteiger partial charge on any atom is -0.480 e. The summed E-state index contributed by atoms with van der Waals surface area (Å²) in [7, 11) is 0. The van der Waals surface area contributed by atoms with E-state index in [1.807, 2.05) is 0 Å². The summed E-state index contributed by atoms with van der Waals surface area (Å²) in [5.74, 6) is -0.836. The monoisotopic (exact) mass is 266 g/mol. The number of hydrogen-bond acceptors (Lipinski definition) is 1. The minimum absolute atomic E-state index is 0. The Balaban J connectivity index is 0. The van der Waals surface area contributed by atoms with E-state index < -0.39 is 10.8 Å². The molecule has 0 saturated carbocycles. The third-order valence-electron chi connectivity index (χ3n) is 0.403. The van der Waals surface area contributed by atoms with E-state index in [1.54, 1.807) is 0 Å². The van der Waals surface area contributed by atoms with Gasteiger partial charge in [0.1, 0.15) is 4.83 Å². The quantitative estimate of drug-likeness (QED) is 0.773. The molecule has 0 aliphatic carbocycles. The maximum atomic E-state index is 9.85. The van der Waals surface area contributed by atoms with E-state index in [-0.39, 0.29) is 12.4 Å². The molecule has 0 aromatic rings. The number of rotatable bonds is 2. The standard InChI is InChI=1S/C3H4Br2O2.ClH/c4-1-2(5)3(6)7;/h2H,1H2,(H,6,7);1H. The summed E-state index contributed by atoms with van der Waals surface area (Å²) in [5.41, 5.74) is 0. The van der Waals surface area contributed by atoms with Gasteiger partial charge in [-0.1, -0.05) is 31.9 Å². The molecular weight excluding hydrogens is 263 g/mol. The molecule has 0 aromatic heterocycles. The molecule has 1 unspecified atom stereocenters. The zero-order chi connectivity index (χ0) is 5.86. The van der Waals surface area contributed by atoms with Crippen LogP contribution in [0.1, 0.15) is 0 Å². The van der Waals surface area contributed by atoms with Crippen LogP contribution in [0.25, 0.3) is 0 Å². The first-order valence-electron chi connectivity index (χ1n) is 1.61. The SMILES string of the molecule is Cl.O=C(O)C(Br)CBr. The van der Waals surface area contributed by atoms with Crippen LogP contribution in [-0.2, 0) is 4.79 Å². The lowest BCUT2D eigenvalue weighted by Crippen LogP contribution is -2.12. The van der Waals surface area contributed by atoms with Crippen molar-refractivity contribution in [3.05, 3.63) is 0 Å². The Morgan fingerprint density at radius 3 is 2.12 bits per heavy atom. The summed E-state index contributed by atoms with van der Waals surface area (Å²) in [6, 6.07) is 0. The first-order chi connectivity index (χ1) is 3.18. The lowest BCUT2D eigenvalue weighted by Gasteiger charge is -1.93. The highest BCUT2D eigenvalue weighted by Gasteiger charge is 2.08. The second kappa shape index (κ2) is 5.85. The van der Waals surface area contributed by atoms with E-state index in [4.69, 9.17) is 5.11 Å². The Labute approximate surface area is 70.3 Å². The number of halogens is 3. The predicted molar refractivity (Wildman–Crippen MR) is 41.4 cm³/mol. The van der Waals surface area contributed by atoms with Crippen LogP contribution in [0.2, 0.25) is 0 Å². The molecule has 0 radical (unpaired) electrons. The molecule has 0 amide bonds. The van der Waals surface area contributed by atoms with Gasteiger partial charge in [0.15, 0.2) is 0 Å². The number of hydrogen-bond donors (Lipinski definition) is 1. The van der Waals surface area contributed by atoms with Gasteiger partial charge in [0.25, 0.3) is 0 Å². The Morgan fingerprint density at radius 1 is 1.75 bits per heavy atom. The summed E-state index contributed by atoms with van der Waals surface area (Å²) in [4.78, 5) is 9.40. The molecule has 1 N–H and O–H groups in total. The summed E-state index contributed by atoms with van der Waals surface area (Å²) in [5, 5.41) is 8.55. The molecule has 0 bridgehead atoms. The van der Waals surface area contributed by atoms with Crippen molar-refractivity contribution in [2.75, 3.05) is 5.33 Å². The van der Waals surface area contributed by atoms with Crippen molar-refractivity contribution in [1.29, 1.82) is 0 Å². The first kappa shape index (κ1) is 11.5. The van der Waals surface area contributed by atoms with Crippen LogP contribution in [0.3, 0.4) is 0 Å². The summed E-state index contributed by atoms with van der Waals surface area (Å²) >= 11 is 5.88. The van der Waals surface area contributed by atoms with Crippen molar-refractivity contribution in [2.45, 2.75) is 4.83 Å². The molecule has 50 valence electrons. The lowest BCUT2D eigenvalue weighted by molar-refractivity contribution is -0.135. The molecule has 8 heavy (non-hydrogen) atoms. The zero-order valence-corrected chi connectivity index (χ0v) is 7.79. The molecule has 1 atom stereocenters. The average molecular weight is 268 g/mol. The van der Waals surface area contributed by atoms with Gasteiger partial charge in [-0.2, -0.15) is 0 Å². The Morgan fingerprint density at radius 2 is 2.12 bits per heavy atom. The number of aliphatic carboxylic acids is 1. The lowest BCUT2D eigenvalue weighted by atomic mass is 10.5. The van der Waals surface area contributed by atoms with E-state index in [0.717, 1.165) is 0 Å². The van der Waals surface area contributed by atoms with Crippen molar-refractivity contribution in [2.24, 2.45) is 0 Å². The molecule has 0 heterocycles.